The molecule has 0 aliphatic carbocycles. The van der Waals surface area contributed by atoms with Gasteiger partial charge in [0, 0.05) is 23.1 Å². The molecule has 0 amide bonds. The van der Waals surface area contributed by atoms with Crippen molar-refractivity contribution in [1.29, 1.82) is 0 Å². The topological polar surface area (TPSA) is 42.9 Å². The van der Waals surface area contributed by atoms with Gasteiger partial charge in [-0.25, -0.2) is 0 Å². The van der Waals surface area contributed by atoms with Crippen molar-refractivity contribution >= 4 is 27.8 Å². The number of hydrogen-bond acceptors (Lipinski definition) is 3. The highest BCUT2D eigenvalue weighted by Gasteiger charge is 2.01. The summed E-state index contributed by atoms with van der Waals surface area (Å²) in [6.45, 7) is 0. The molecule has 0 saturated carbocycles. The van der Waals surface area contributed by atoms with Crippen molar-refractivity contribution in [2.45, 2.75) is 0 Å². The van der Waals surface area contributed by atoms with Crippen LogP contribution in [0.2, 0.25) is 0 Å². The van der Waals surface area contributed by atoms with Gasteiger partial charge in [-0.3, -0.25) is 14.8 Å². The summed E-state index contributed by atoms with van der Waals surface area (Å²) in [6, 6.07) is 7.13. The van der Waals surface area contributed by atoms with Crippen molar-refractivity contribution in [2.75, 3.05) is 0 Å². The van der Waals surface area contributed by atoms with Gasteiger partial charge in [0.2, 0.25) is 5.78 Å². The zero-order chi connectivity index (χ0) is 12.1. The molecule has 0 atom stereocenters. The lowest BCUT2D eigenvalue weighted by molar-refractivity contribution is 0.104. The molecule has 3 nitrogen and oxygen atoms in total. The van der Waals surface area contributed by atoms with Crippen molar-refractivity contribution < 1.29 is 4.79 Å². The number of ketones is 1. The summed E-state index contributed by atoms with van der Waals surface area (Å²) in [6.07, 6.45) is 8.19. The molecule has 0 aliphatic heterocycles. The maximum absolute atomic E-state index is 11.7. The summed E-state index contributed by atoms with van der Waals surface area (Å²) in [5.74, 6) is -0.120. The summed E-state index contributed by atoms with van der Waals surface area (Å²) in [5, 5.41) is 0. The predicted octanol–water partition coefficient (Wildman–Crippen LogP) is 3.14. The van der Waals surface area contributed by atoms with Crippen LogP contribution in [-0.2, 0) is 0 Å². The highest BCUT2D eigenvalue weighted by atomic mass is 79.9. The Kier molecular flexibility index (Phi) is 3.77. The van der Waals surface area contributed by atoms with Gasteiger partial charge in [0.15, 0.2) is 0 Å². The molecular weight excluding hydrogens is 280 g/mol. The van der Waals surface area contributed by atoms with E-state index in [4.69, 9.17) is 0 Å². The third kappa shape index (κ3) is 3.32. The summed E-state index contributed by atoms with van der Waals surface area (Å²) in [5.41, 5.74) is 1.30. The largest absolute Gasteiger partial charge is 0.288 e. The second-order valence-electron chi connectivity index (χ2n) is 3.35. The fourth-order valence-corrected chi connectivity index (χ4v) is 1.67. The second kappa shape index (κ2) is 5.50. The van der Waals surface area contributed by atoms with Crippen LogP contribution in [0.1, 0.15) is 16.1 Å². The molecule has 84 valence electrons. The highest BCUT2D eigenvalue weighted by molar-refractivity contribution is 9.10. The molecule has 0 fully saturated rings. The van der Waals surface area contributed by atoms with Gasteiger partial charge < -0.3 is 0 Å². The Morgan fingerprint density at radius 3 is 2.88 bits per heavy atom. The van der Waals surface area contributed by atoms with E-state index in [9.17, 15) is 4.79 Å². The first kappa shape index (κ1) is 11.7. The van der Waals surface area contributed by atoms with Crippen LogP contribution in [-0.4, -0.2) is 15.8 Å². The number of halogens is 1. The molecule has 0 unspecified atom stereocenters. The minimum Gasteiger partial charge on any atom is -0.288 e. The first-order valence-electron chi connectivity index (χ1n) is 5.00. The van der Waals surface area contributed by atoms with Crippen LogP contribution in [0.3, 0.4) is 0 Å². The molecule has 2 heterocycles. The standard InChI is InChI=1S/C13H9BrN2O/c14-11-7-10(8-15-9-11)4-5-13(17)12-3-1-2-6-16-12/h1-9H. The number of pyridine rings is 2. The number of carbonyl (C=O) groups is 1. The van der Waals surface area contributed by atoms with E-state index in [-0.39, 0.29) is 5.78 Å². The Hall–Kier alpha value is -1.81. The number of carbonyl (C=O) groups excluding carboxylic acids is 1. The molecule has 0 bridgehead atoms. The van der Waals surface area contributed by atoms with E-state index in [2.05, 4.69) is 25.9 Å². The Bertz CT molecular complexity index is 552. The lowest BCUT2D eigenvalue weighted by atomic mass is 10.2. The van der Waals surface area contributed by atoms with Gasteiger partial charge >= 0.3 is 0 Å². The molecular formula is C13H9BrN2O. The summed E-state index contributed by atoms with van der Waals surface area (Å²) < 4.78 is 0.880. The third-order valence-corrected chi connectivity index (χ3v) is 2.50. The van der Waals surface area contributed by atoms with Crippen LogP contribution in [0.25, 0.3) is 6.08 Å². The van der Waals surface area contributed by atoms with Gasteiger partial charge in [-0.1, -0.05) is 6.07 Å². The van der Waals surface area contributed by atoms with Gasteiger partial charge in [0.1, 0.15) is 5.69 Å². The van der Waals surface area contributed by atoms with Crippen LogP contribution in [0.5, 0.6) is 0 Å². The lowest BCUT2D eigenvalue weighted by Gasteiger charge is -1.94. The SMILES string of the molecule is O=C(C=Cc1cncc(Br)c1)c1ccccn1. The van der Waals surface area contributed by atoms with Crippen LogP contribution in [0.4, 0.5) is 0 Å². The van der Waals surface area contributed by atoms with Gasteiger partial charge in [0.05, 0.1) is 0 Å². The fraction of sp³-hybridized carbons (Fsp3) is 0. The van der Waals surface area contributed by atoms with Crippen molar-refractivity contribution in [1.82, 2.24) is 9.97 Å². The molecule has 0 spiro atoms. The molecule has 4 heteroatoms. The van der Waals surface area contributed by atoms with Crippen molar-refractivity contribution in [2.24, 2.45) is 0 Å². The predicted molar refractivity (Wildman–Crippen MR) is 69.5 cm³/mol. The Labute approximate surface area is 107 Å². The summed E-state index contributed by atoms with van der Waals surface area (Å²) in [4.78, 5) is 19.7. The Balaban J connectivity index is 2.14. The molecule has 0 aromatic carbocycles. The molecule has 0 N–H and O–H groups in total. The average molecular weight is 289 g/mol. The highest BCUT2D eigenvalue weighted by Crippen LogP contribution is 2.11. The molecule has 0 aliphatic rings. The zero-order valence-electron chi connectivity index (χ0n) is 8.88. The average Bonchev–Trinajstić information content (AvgIpc) is 2.37. The number of allylic oxidation sites excluding steroid dienone is 1. The molecule has 2 aromatic rings. The third-order valence-electron chi connectivity index (χ3n) is 2.07. The van der Waals surface area contributed by atoms with Gasteiger partial charge in [-0.15, -0.1) is 0 Å². The normalized spacial score (nSPS) is 10.6. The zero-order valence-corrected chi connectivity index (χ0v) is 10.5. The maximum Gasteiger partial charge on any atom is 0.204 e. The van der Waals surface area contributed by atoms with E-state index in [0.717, 1.165) is 10.0 Å². The molecule has 0 radical (unpaired) electrons. The van der Waals surface area contributed by atoms with Crippen LogP contribution in [0, 0.1) is 0 Å². The first-order valence-corrected chi connectivity index (χ1v) is 5.79. The number of aromatic nitrogens is 2. The van der Waals surface area contributed by atoms with E-state index < -0.39 is 0 Å². The molecule has 17 heavy (non-hydrogen) atoms. The summed E-state index contributed by atoms with van der Waals surface area (Å²) >= 11 is 3.32. The van der Waals surface area contributed by atoms with E-state index in [1.165, 1.54) is 6.08 Å². The Morgan fingerprint density at radius 2 is 2.18 bits per heavy atom. The van der Waals surface area contributed by atoms with Crippen LogP contribution in [0.15, 0.2) is 53.4 Å². The lowest BCUT2D eigenvalue weighted by Crippen LogP contribution is -1.96. The fourth-order valence-electron chi connectivity index (χ4n) is 1.29. The first-order chi connectivity index (χ1) is 8.25. The minimum atomic E-state index is -0.120. The number of rotatable bonds is 3. The summed E-state index contributed by atoms with van der Waals surface area (Å²) in [7, 11) is 0. The van der Waals surface area contributed by atoms with Crippen molar-refractivity contribution in [3.63, 3.8) is 0 Å². The monoisotopic (exact) mass is 288 g/mol. The molecule has 0 saturated heterocycles. The number of hydrogen-bond donors (Lipinski definition) is 0. The van der Waals surface area contributed by atoms with Crippen LogP contribution < -0.4 is 0 Å². The molecule has 2 rings (SSSR count). The van der Waals surface area contributed by atoms with Gasteiger partial charge in [-0.2, -0.15) is 0 Å². The van der Waals surface area contributed by atoms with E-state index in [0.29, 0.717) is 5.69 Å². The quantitative estimate of drug-likeness (QED) is 0.644. The molecule has 2 aromatic heterocycles. The van der Waals surface area contributed by atoms with E-state index in [1.807, 2.05) is 6.07 Å². The van der Waals surface area contributed by atoms with E-state index >= 15 is 0 Å². The smallest absolute Gasteiger partial charge is 0.204 e. The van der Waals surface area contributed by atoms with Crippen molar-refractivity contribution in [3.8, 4) is 0 Å². The van der Waals surface area contributed by atoms with E-state index in [1.54, 1.807) is 42.9 Å². The van der Waals surface area contributed by atoms with Crippen molar-refractivity contribution in [3.05, 3.63) is 64.7 Å². The second-order valence-corrected chi connectivity index (χ2v) is 4.26. The van der Waals surface area contributed by atoms with Gasteiger partial charge in [0.25, 0.3) is 0 Å². The minimum absolute atomic E-state index is 0.120. The maximum atomic E-state index is 11.7. The Morgan fingerprint density at radius 1 is 1.29 bits per heavy atom. The van der Waals surface area contributed by atoms with Crippen LogP contribution >= 0.6 is 15.9 Å². The number of nitrogens with zero attached hydrogens (tertiary/aromatic N) is 2. The van der Waals surface area contributed by atoms with Gasteiger partial charge in [-0.05, 0) is 51.8 Å².